The van der Waals surface area contributed by atoms with Crippen molar-refractivity contribution in [2.75, 3.05) is 26.7 Å². The Kier molecular flexibility index (Phi) is 5.20. The Morgan fingerprint density at radius 1 is 1.37 bits per heavy atom. The minimum Gasteiger partial charge on any atom is -0.468 e. The number of hydrogen-bond acceptors (Lipinski definition) is 6. The molecular formula is C17H19F2N3O4S. The topological polar surface area (TPSA) is 90.7 Å². The van der Waals surface area contributed by atoms with E-state index >= 15 is 0 Å². The fourth-order valence-corrected chi connectivity index (χ4v) is 5.37. The predicted octanol–water partition coefficient (Wildman–Crippen LogP) is 1.20. The summed E-state index contributed by atoms with van der Waals surface area (Å²) in [5, 5.41) is 9.00. The molecule has 0 saturated carbocycles. The number of benzene rings is 1. The molecule has 1 aromatic carbocycles. The molecule has 0 N–H and O–H groups in total. The van der Waals surface area contributed by atoms with Gasteiger partial charge in [-0.3, -0.25) is 9.69 Å². The van der Waals surface area contributed by atoms with E-state index in [1.165, 1.54) is 29.2 Å². The highest BCUT2D eigenvalue weighted by Gasteiger charge is 2.52. The van der Waals surface area contributed by atoms with Crippen molar-refractivity contribution in [2.24, 2.45) is 0 Å². The van der Waals surface area contributed by atoms with Crippen molar-refractivity contribution in [3.63, 3.8) is 0 Å². The van der Waals surface area contributed by atoms with Crippen LogP contribution in [-0.2, 0) is 19.6 Å². The van der Waals surface area contributed by atoms with Crippen molar-refractivity contribution in [3.8, 4) is 6.07 Å². The molecule has 0 bridgehead atoms. The van der Waals surface area contributed by atoms with Crippen LogP contribution in [0.1, 0.15) is 18.4 Å². The van der Waals surface area contributed by atoms with Gasteiger partial charge in [0, 0.05) is 25.6 Å². The third-order valence-electron chi connectivity index (χ3n) is 5.00. The number of nitriles is 1. The average molecular weight is 399 g/mol. The zero-order chi connectivity index (χ0) is 19.8. The molecule has 2 heterocycles. The molecule has 2 unspecified atom stereocenters. The smallest absolute Gasteiger partial charge is 0.325 e. The molecule has 27 heavy (non-hydrogen) atoms. The number of esters is 1. The number of alkyl halides is 2. The molecule has 146 valence electrons. The average Bonchev–Trinajstić information content (AvgIpc) is 3.24. The van der Waals surface area contributed by atoms with Gasteiger partial charge in [0.1, 0.15) is 6.04 Å². The van der Waals surface area contributed by atoms with Crippen LogP contribution in [0.2, 0.25) is 0 Å². The summed E-state index contributed by atoms with van der Waals surface area (Å²) in [5.74, 6) is -3.64. The van der Waals surface area contributed by atoms with Crippen molar-refractivity contribution in [2.45, 2.75) is 35.7 Å². The fraction of sp³-hybridized carbons (Fsp3) is 0.529. The van der Waals surface area contributed by atoms with Crippen molar-refractivity contribution < 1.29 is 26.7 Å². The Morgan fingerprint density at radius 2 is 2.11 bits per heavy atom. The van der Waals surface area contributed by atoms with Crippen molar-refractivity contribution >= 4 is 16.0 Å². The number of methoxy groups -OCH3 is 1. The Balaban J connectivity index is 1.94. The van der Waals surface area contributed by atoms with Crippen LogP contribution in [0, 0.1) is 11.3 Å². The minimum absolute atomic E-state index is 0.00557. The molecule has 1 aromatic rings. The SMILES string of the molecule is COC(=O)C1C(N2CCC(F)(F)C2)CCN1S(=O)(=O)c1cccc(C#N)c1. The van der Waals surface area contributed by atoms with E-state index < -0.39 is 40.5 Å². The van der Waals surface area contributed by atoms with Gasteiger partial charge in [0.2, 0.25) is 10.0 Å². The molecule has 0 radical (unpaired) electrons. The molecule has 0 spiro atoms. The van der Waals surface area contributed by atoms with E-state index in [0.29, 0.717) is 0 Å². The molecule has 10 heteroatoms. The highest BCUT2D eigenvalue weighted by Crippen LogP contribution is 2.35. The standard InChI is InChI=1S/C17H19F2N3O4S/c1-26-16(23)15-14(21-8-6-17(18,19)11-21)5-7-22(15)27(24,25)13-4-2-3-12(9-13)10-20/h2-4,9,14-15H,5-8,11H2,1H3. The fourth-order valence-electron chi connectivity index (χ4n) is 3.70. The van der Waals surface area contributed by atoms with Gasteiger partial charge in [0.15, 0.2) is 0 Å². The second kappa shape index (κ2) is 7.14. The van der Waals surface area contributed by atoms with Gasteiger partial charge in [0.25, 0.3) is 5.92 Å². The zero-order valence-electron chi connectivity index (χ0n) is 14.6. The lowest BCUT2D eigenvalue weighted by molar-refractivity contribution is -0.146. The largest absolute Gasteiger partial charge is 0.468 e. The number of hydrogen-bond donors (Lipinski definition) is 0. The molecular weight excluding hydrogens is 380 g/mol. The summed E-state index contributed by atoms with van der Waals surface area (Å²) in [6.07, 6.45) is -0.0820. The summed E-state index contributed by atoms with van der Waals surface area (Å²) in [5.41, 5.74) is 0.167. The quantitative estimate of drug-likeness (QED) is 0.707. The first-order chi connectivity index (χ1) is 12.7. The van der Waals surface area contributed by atoms with Gasteiger partial charge in [-0.05, 0) is 24.6 Å². The molecule has 2 aliphatic rings. The molecule has 2 fully saturated rings. The Hall–Kier alpha value is -2.09. The molecule has 2 saturated heterocycles. The van der Waals surface area contributed by atoms with Gasteiger partial charge >= 0.3 is 5.97 Å². The summed E-state index contributed by atoms with van der Waals surface area (Å²) in [4.78, 5) is 13.7. The van der Waals surface area contributed by atoms with Crippen LogP contribution in [-0.4, -0.2) is 68.3 Å². The van der Waals surface area contributed by atoms with Crippen molar-refractivity contribution in [1.82, 2.24) is 9.21 Å². The van der Waals surface area contributed by atoms with E-state index in [9.17, 15) is 22.0 Å². The van der Waals surface area contributed by atoms with E-state index in [0.717, 1.165) is 11.4 Å². The summed E-state index contributed by atoms with van der Waals surface area (Å²) in [6, 6.07) is 5.45. The van der Waals surface area contributed by atoms with E-state index in [1.807, 2.05) is 6.07 Å². The van der Waals surface area contributed by atoms with Crippen LogP contribution in [0.3, 0.4) is 0 Å². The number of nitrogens with zero attached hydrogens (tertiary/aromatic N) is 3. The lowest BCUT2D eigenvalue weighted by Gasteiger charge is -2.30. The second-order valence-corrected chi connectivity index (χ2v) is 8.55. The first kappa shape index (κ1) is 19.7. The summed E-state index contributed by atoms with van der Waals surface area (Å²) in [7, 11) is -2.96. The highest BCUT2D eigenvalue weighted by molar-refractivity contribution is 7.89. The highest BCUT2D eigenvalue weighted by atomic mass is 32.2. The third kappa shape index (κ3) is 3.67. The molecule has 0 amide bonds. The number of ether oxygens (including phenoxy) is 1. The normalized spacial score (nSPS) is 26.0. The van der Waals surface area contributed by atoms with E-state index in [2.05, 4.69) is 0 Å². The first-order valence-corrected chi connectivity index (χ1v) is 9.85. The number of sulfonamides is 1. The van der Waals surface area contributed by atoms with Gasteiger partial charge < -0.3 is 4.74 Å². The van der Waals surface area contributed by atoms with Gasteiger partial charge in [-0.2, -0.15) is 9.57 Å². The Labute approximate surface area is 156 Å². The number of likely N-dealkylation sites (tertiary alicyclic amines) is 1. The van der Waals surface area contributed by atoms with Crippen LogP contribution in [0.15, 0.2) is 29.2 Å². The van der Waals surface area contributed by atoms with Crippen LogP contribution < -0.4 is 0 Å². The first-order valence-electron chi connectivity index (χ1n) is 8.41. The number of rotatable bonds is 4. The maximum Gasteiger partial charge on any atom is 0.325 e. The monoisotopic (exact) mass is 399 g/mol. The Morgan fingerprint density at radius 3 is 2.70 bits per heavy atom. The lowest BCUT2D eigenvalue weighted by Crippen LogP contribution is -2.51. The molecule has 2 atom stereocenters. The number of halogens is 2. The second-order valence-electron chi connectivity index (χ2n) is 6.66. The van der Waals surface area contributed by atoms with E-state index in [4.69, 9.17) is 10.00 Å². The molecule has 7 nitrogen and oxygen atoms in total. The van der Waals surface area contributed by atoms with E-state index in [1.54, 1.807) is 0 Å². The van der Waals surface area contributed by atoms with Crippen LogP contribution in [0.25, 0.3) is 0 Å². The van der Waals surface area contributed by atoms with E-state index in [-0.39, 0.29) is 36.4 Å². The maximum absolute atomic E-state index is 13.6. The summed E-state index contributed by atoms with van der Waals surface area (Å²) < 4.78 is 59.1. The zero-order valence-corrected chi connectivity index (χ0v) is 15.5. The van der Waals surface area contributed by atoms with Gasteiger partial charge in [-0.15, -0.1) is 0 Å². The van der Waals surface area contributed by atoms with Crippen molar-refractivity contribution in [3.05, 3.63) is 29.8 Å². The number of carbonyl (C=O) groups is 1. The van der Waals surface area contributed by atoms with Crippen LogP contribution in [0.5, 0.6) is 0 Å². The van der Waals surface area contributed by atoms with Gasteiger partial charge in [-0.1, -0.05) is 6.07 Å². The minimum atomic E-state index is -4.10. The predicted molar refractivity (Wildman–Crippen MR) is 90.4 cm³/mol. The van der Waals surface area contributed by atoms with Crippen molar-refractivity contribution in [1.29, 1.82) is 5.26 Å². The summed E-state index contributed by atoms with van der Waals surface area (Å²) >= 11 is 0. The van der Waals surface area contributed by atoms with Gasteiger partial charge in [0.05, 0.1) is 30.2 Å². The lowest BCUT2D eigenvalue weighted by atomic mass is 10.1. The maximum atomic E-state index is 13.6. The van der Waals surface area contributed by atoms with Gasteiger partial charge in [-0.25, -0.2) is 17.2 Å². The molecule has 2 aliphatic heterocycles. The summed E-state index contributed by atoms with van der Waals surface area (Å²) in [6.45, 7) is -0.419. The number of carbonyl (C=O) groups excluding carboxylic acids is 1. The van der Waals surface area contributed by atoms with Crippen LogP contribution >= 0.6 is 0 Å². The molecule has 0 aliphatic carbocycles. The third-order valence-corrected chi connectivity index (χ3v) is 6.88. The molecule has 3 rings (SSSR count). The molecule has 0 aromatic heterocycles. The van der Waals surface area contributed by atoms with Crippen LogP contribution in [0.4, 0.5) is 8.78 Å². The Bertz CT molecular complexity index is 884.